The Morgan fingerprint density at radius 1 is 1.35 bits per heavy atom. The van der Waals surface area contributed by atoms with Gasteiger partial charge in [-0.2, -0.15) is 0 Å². The van der Waals surface area contributed by atoms with Crippen LogP contribution in [0.2, 0.25) is 0 Å². The van der Waals surface area contributed by atoms with Gasteiger partial charge in [-0.1, -0.05) is 50.1 Å². The Morgan fingerprint density at radius 3 is 2.85 bits per heavy atom. The van der Waals surface area contributed by atoms with E-state index in [1.54, 1.807) is 0 Å². The average molecular weight is 276 g/mol. The molecule has 0 radical (unpaired) electrons. The average Bonchev–Trinajstić information content (AvgIpc) is 2.39. The predicted molar refractivity (Wildman–Crippen MR) is 85.6 cm³/mol. The Balaban J connectivity index is 2.58. The molecule has 20 heavy (non-hydrogen) atoms. The van der Waals surface area contributed by atoms with Crippen molar-refractivity contribution in [3.8, 4) is 0 Å². The molecule has 0 spiro atoms. The fraction of sp³-hybridized carbons (Fsp3) is 0.588. The summed E-state index contributed by atoms with van der Waals surface area (Å²) in [6, 6.07) is 0.0861. The summed E-state index contributed by atoms with van der Waals surface area (Å²) in [5, 5.41) is 6.09. The Bertz CT molecular complexity index is 394. The third-order valence-electron chi connectivity index (χ3n) is 3.49. The van der Waals surface area contributed by atoms with E-state index >= 15 is 0 Å². The molecule has 0 aromatic carbocycles. The van der Waals surface area contributed by atoms with Gasteiger partial charge in [0, 0.05) is 6.04 Å². The Labute approximate surface area is 123 Å². The quantitative estimate of drug-likeness (QED) is 0.702. The van der Waals surface area contributed by atoms with E-state index in [-0.39, 0.29) is 11.9 Å². The lowest BCUT2D eigenvalue weighted by Crippen LogP contribution is -2.39. The van der Waals surface area contributed by atoms with E-state index in [1.807, 2.05) is 6.92 Å². The van der Waals surface area contributed by atoms with Crippen molar-refractivity contribution in [1.82, 2.24) is 10.6 Å². The van der Waals surface area contributed by atoms with Crippen LogP contribution in [0.3, 0.4) is 0 Å². The highest BCUT2D eigenvalue weighted by molar-refractivity contribution is 5.78. The summed E-state index contributed by atoms with van der Waals surface area (Å²) >= 11 is 0. The van der Waals surface area contributed by atoms with Gasteiger partial charge in [-0.25, -0.2) is 0 Å². The normalized spacial score (nSPS) is 23.6. The maximum absolute atomic E-state index is 11.7. The first-order chi connectivity index (χ1) is 9.67. The zero-order chi connectivity index (χ0) is 14.8. The molecule has 0 saturated carbocycles. The fourth-order valence-electron chi connectivity index (χ4n) is 2.29. The first-order valence-corrected chi connectivity index (χ1v) is 7.70. The minimum absolute atomic E-state index is 0.0593. The molecule has 0 fully saturated rings. The van der Waals surface area contributed by atoms with E-state index in [0.717, 1.165) is 19.4 Å². The summed E-state index contributed by atoms with van der Waals surface area (Å²) in [5.74, 6) is 0.0593. The van der Waals surface area contributed by atoms with Gasteiger partial charge in [0.25, 0.3) is 0 Å². The van der Waals surface area contributed by atoms with Gasteiger partial charge in [0.1, 0.15) is 0 Å². The van der Waals surface area contributed by atoms with Gasteiger partial charge >= 0.3 is 0 Å². The van der Waals surface area contributed by atoms with Crippen LogP contribution in [-0.4, -0.2) is 25.0 Å². The molecule has 3 nitrogen and oxygen atoms in total. The second-order valence-corrected chi connectivity index (χ2v) is 5.26. The summed E-state index contributed by atoms with van der Waals surface area (Å²) < 4.78 is 0. The van der Waals surface area contributed by atoms with Gasteiger partial charge in [0.2, 0.25) is 5.91 Å². The van der Waals surface area contributed by atoms with Gasteiger partial charge in [-0.05, 0) is 38.3 Å². The number of rotatable bonds is 7. The third-order valence-corrected chi connectivity index (χ3v) is 3.49. The largest absolute Gasteiger partial charge is 0.349 e. The second kappa shape index (κ2) is 9.54. The molecule has 2 N–H and O–H groups in total. The van der Waals surface area contributed by atoms with Crippen molar-refractivity contribution in [3.05, 3.63) is 35.5 Å². The number of carbonyl (C=O) groups excluding carboxylic acids is 1. The van der Waals surface area contributed by atoms with Gasteiger partial charge in [0.05, 0.1) is 6.54 Å². The van der Waals surface area contributed by atoms with E-state index in [4.69, 9.17) is 0 Å². The molecule has 1 amide bonds. The fourth-order valence-corrected chi connectivity index (χ4v) is 2.29. The van der Waals surface area contributed by atoms with Crippen LogP contribution in [0.4, 0.5) is 0 Å². The summed E-state index contributed by atoms with van der Waals surface area (Å²) in [6.07, 6.45) is 13.1. The molecule has 1 rings (SSSR count). The molecule has 0 aliphatic heterocycles. The van der Waals surface area contributed by atoms with E-state index in [2.05, 4.69) is 48.8 Å². The number of likely N-dealkylation sites (N-methyl/N-ethyl adjacent to an activating group) is 1. The van der Waals surface area contributed by atoms with Crippen LogP contribution in [0.5, 0.6) is 0 Å². The van der Waals surface area contributed by atoms with Crippen molar-refractivity contribution < 1.29 is 4.79 Å². The van der Waals surface area contributed by atoms with E-state index < -0.39 is 0 Å². The standard InChI is InChI=1S/C17H28N2O/c1-4-8-15-9-6-7-10-16(12-11-15)14(3)19-17(20)13-18-5-2/h6-7,10-11,14,18H,4-5,8-9,12-13H2,1-3H3,(H,19,20)/b7-6-,15-11-,16-10+/t14-/m1/s1. The lowest BCUT2D eigenvalue weighted by molar-refractivity contribution is -0.120. The highest BCUT2D eigenvalue weighted by Gasteiger charge is 2.11. The van der Waals surface area contributed by atoms with Crippen LogP contribution in [0.1, 0.15) is 46.5 Å². The molecular formula is C17H28N2O. The molecule has 1 aliphatic rings. The molecule has 3 heteroatoms. The Kier molecular flexibility index (Phi) is 7.97. The third kappa shape index (κ3) is 6.20. The van der Waals surface area contributed by atoms with E-state index in [1.165, 1.54) is 24.0 Å². The number of allylic oxidation sites excluding steroid dienone is 5. The van der Waals surface area contributed by atoms with Crippen molar-refractivity contribution in [2.45, 2.75) is 52.5 Å². The van der Waals surface area contributed by atoms with Crippen LogP contribution in [0.25, 0.3) is 0 Å². The smallest absolute Gasteiger partial charge is 0.234 e. The predicted octanol–water partition coefficient (Wildman–Crippen LogP) is 3.10. The lowest BCUT2D eigenvalue weighted by atomic mass is 9.97. The zero-order valence-electron chi connectivity index (χ0n) is 13.0. The molecule has 0 unspecified atom stereocenters. The topological polar surface area (TPSA) is 41.1 Å². The van der Waals surface area contributed by atoms with Crippen LogP contribution >= 0.6 is 0 Å². The van der Waals surface area contributed by atoms with Crippen LogP contribution in [0, 0.1) is 0 Å². The van der Waals surface area contributed by atoms with Gasteiger partial charge < -0.3 is 10.6 Å². The maximum atomic E-state index is 11.7. The van der Waals surface area contributed by atoms with Gasteiger partial charge in [0.15, 0.2) is 0 Å². The Hall–Kier alpha value is -1.35. The Morgan fingerprint density at radius 2 is 2.15 bits per heavy atom. The number of hydrogen-bond donors (Lipinski definition) is 2. The van der Waals surface area contributed by atoms with E-state index in [0.29, 0.717) is 6.54 Å². The van der Waals surface area contributed by atoms with Crippen molar-refractivity contribution in [2.24, 2.45) is 0 Å². The summed E-state index contributed by atoms with van der Waals surface area (Å²) in [5.41, 5.74) is 2.76. The highest BCUT2D eigenvalue weighted by atomic mass is 16.1. The maximum Gasteiger partial charge on any atom is 0.234 e. The first kappa shape index (κ1) is 16.7. The summed E-state index contributed by atoms with van der Waals surface area (Å²) in [7, 11) is 0. The summed E-state index contributed by atoms with van der Waals surface area (Å²) in [6.45, 7) is 7.47. The van der Waals surface area contributed by atoms with Crippen molar-refractivity contribution in [1.29, 1.82) is 0 Å². The van der Waals surface area contributed by atoms with Gasteiger partial charge in [-0.3, -0.25) is 4.79 Å². The van der Waals surface area contributed by atoms with E-state index in [9.17, 15) is 4.79 Å². The number of nitrogens with one attached hydrogen (secondary N) is 2. The molecule has 1 atom stereocenters. The molecule has 0 saturated heterocycles. The highest BCUT2D eigenvalue weighted by Crippen LogP contribution is 2.18. The van der Waals surface area contributed by atoms with Crippen molar-refractivity contribution in [2.75, 3.05) is 13.1 Å². The molecule has 112 valence electrons. The SMILES string of the molecule is CCC/C1=C/C/C([C@@H](C)NC(=O)CNCC)=C\C=C/C1. The molecule has 0 aromatic heterocycles. The number of amides is 1. The second-order valence-electron chi connectivity index (χ2n) is 5.26. The molecule has 0 heterocycles. The van der Waals surface area contributed by atoms with Crippen molar-refractivity contribution >= 4 is 5.91 Å². The number of hydrogen-bond acceptors (Lipinski definition) is 2. The molecule has 0 bridgehead atoms. The minimum atomic E-state index is 0.0593. The van der Waals surface area contributed by atoms with Crippen LogP contribution in [0.15, 0.2) is 35.5 Å². The minimum Gasteiger partial charge on any atom is -0.349 e. The van der Waals surface area contributed by atoms with Crippen LogP contribution in [-0.2, 0) is 4.79 Å². The van der Waals surface area contributed by atoms with Gasteiger partial charge in [-0.15, -0.1) is 0 Å². The first-order valence-electron chi connectivity index (χ1n) is 7.70. The molecular weight excluding hydrogens is 248 g/mol. The summed E-state index contributed by atoms with van der Waals surface area (Å²) in [4.78, 5) is 11.7. The van der Waals surface area contributed by atoms with Crippen LogP contribution < -0.4 is 10.6 Å². The number of carbonyl (C=O) groups is 1. The zero-order valence-corrected chi connectivity index (χ0v) is 13.0. The van der Waals surface area contributed by atoms with Crippen molar-refractivity contribution in [3.63, 3.8) is 0 Å². The lowest BCUT2D eigenvalue weighted by Gasteiger charge is -2.18. The monoisotopic (exact) mass is 276 g/mol. The molecule has 1 aliphatic carbocycles. The molecule has 0 aromatic rings.